The number of nitrogens with one attached hydrogen (secondary N) is 1. The first-order chi connectivity index (χ1) is 8.55. The summed E-state index contributed by atoms with van der Waals surface area (Å²) < 4.78 is 23.3. The van der Waals surface area contributed by atoms with Crippen molar-refractivity contribution in [2.24, 2.45) is 0 Å². The maximum atomic E-state index is 11.7. The molecule has 0 saturated heterocycles. The van der Waals surface area contributed by atoms with Gasteiger partial charge in [0.25, 0.3) is 0 Å². The summed E-state index contributed by atoms with van der Waals surface area (Å²) in [6.07, 6.45) is 1.19. The van der Waals surface area contributed by atoms with Crippen LogP contribution >= 0.6 is 0 Å². The van der Waals surface area contributed by atoms with Crippen LogP contribution < -0.4 is 5.32 Å². The molecule has 0 aromatic heterocycles. The highest BCUT2D eigenvalue weighted by molar-refractivity contribution is 7.91. The van der Waals surface area contributed by atoms with Gasteiger partial charge in [-0.05, 0) is 31.2 Å². The van der Waals surface area contributed by atoms with Gasteiger partial charge >= 0.3 is 0 Å². The topological polar surface area (TPSA) is 70.0 Å². The molecule has 0 aliphatic carbocycles. The van der Waals surface area contributed by atoms with Crippen LogP contribution in [0.25, 0.3) is 0 Å². The van der Waals surface area contributed by atoms with Crippen molar-refractivity contribution in [1.82, 2.24) is 5.32 Å². The van der Waals surface area contributed by atoms with E-state index in [1.165, 1.54) is 0 Å². The van der Waals surface area contributed by atoms with Crippen LogP contribution in [-0.4, -0.2) is 21.2 Å². The standard InChI is InChI=1S/C13H18N2O2S/c1-3-18(16,17)12-8-6-11(7-9-12)13(15-2)5-4-10-14/h6-9,13,15H,3-5H2,1-2H3. The molecule has 1 atom stereocenters. The van der Waals surface area contributed by atoms with Crippen molar-refractivity contribution in [2.75, 3.05) is 12.8 Å². The van der Waals surface area contributed by atoms with Gasteiger partial charge in [0.15, 0.2) is 9.84 Å². The average Bonchev–Trinajstić information content (AvgIpc) is 2.40. The lowest BCUT2D eigenvalue weighted by Crippen LogP contribution is -2.16. The van der Waals surface area contributed by atoms with Crippen LogP contribution in [0.2, 0.25) is 0 Å². The molecule has 1 rings (SSSR count). The summed E-state index contributed by atoms with van der Waals surface area (Å²) in [5.41, 5.74) is 1.00. The van der Waals surface area contributed by atoms with Crippen LogP contribution in [0.4, 0.5) is 0 Å². The maximum Gasteiger partial charge on any atom is 0.178 e. The first kappa shape index (κ1) is 14.7. The van der Waals surface area contributed by atoms with Crippen molar-refractivity contribution in [2.45, 2.75) is 30.7 Å². The van der Waals surface area contributed by atoms with Crippen molar-refractivity contribution in [3.8, 4) is 6.07 Å². The van der Waals surface area contributed by atoms with E-state index in [2.05, 4.69) is 11.4 Å². The zero-order valence-corrected chi connectivity index (χ0v) is 11.5. The zero-order chi connectivity index (χ0) is 13.6. The fourth-order valence-corrected chi connectivity index (χ4v) is 2.64. The van der Waals surface area contributed by atoms with Crippen molar-refractivity contribution >= 4 is 9.84 Å². The summed E-state index contributed by atoms with van der Waals surface area (Å²) >= 11 is 0. The lowest BCUT2D eigenvalue weighted by atomic mass is 10.0. The van der Waals surface area contributed by atoms with Crippen LogP contribution in [0.15, 0.2) is 29.2 Å². The van der Waals surface area contributed by atoms with Gasteiger partial charge < -0.3 is 5.32 Å². The number of nitrogens with zero attached hydrogens (tertiary/aromatic N) is 1. The molecule has 1 N–H and O–H groups in total. The predicted molar refractivity (Wildman–Crippen MR) is 70.8 cm³/mol. The molecule has 0 fully saturated rings. The van der Waals surface area contributed by atoms with E-state index in [0.29, 0.717) is 17.7 Å². The van der Waals surface area contributed by atoms with E-state index in [0.717, 1.165) is 5.56 Å². The highest BCUT2D eigenvalue weighted by Crippen LogP contribution is 2.20. The summed E-state index contributed by atoms with van der Waals surface area (Å²) in [5, 5.41) is 11.7. The van der Waals surface area contributed by atoms with E-state index < -0.39 is 9.84 Å². The fraction of sp³-hybridized carbons (Fsp3) is 0.462. The van der Waals surface area contributed by atoms with Crippen LogP contribution in [0.5, 0.6) is 0 Å². The minimum absolute atomic E-state index is 0.0861. The van der Waals surface area contributed by atoms with Crippen molar-refractivity contribution in [1.29, 1.82) is 5.26 Å². The maximum absolute atomic E-state index is 11.7. The van der Waals surface area contributed by atoms with Gasteiger partial charge in [0.2, 0.25) is 0 Å². The van der Waals surface area contributed by atoms with Gasteiger partial charge in [-0.15, -0.1) is 0 Å². The number of sulfone groups is 1. The van der Waals surface area contributed by atoms with Crippen LogP contribution in [-0.2, 0) is 9.84 Å². The van der Waals surface area contributed by atoms with Crippen molar-refractivity contribution in [3.63, 3.8) is 0 Å². The molecule has 0 aliphatic heterocycles. The second kappa shape index (κ2) is 6.53. The van der Waals surface area contributed by atoms with Gasteiger partial charge in [-0.2, -0.15) is 5.26 Å². The first-order valence-corrected chi connectivity index (χ1v) is 7.57. The number of hydrogen-bond donors (Lipinski definition) is 1. The minimum atomic E-state index is -3.14. The molecular formula is C13H18N2O2S. The third-order valence-corrected chi connectivity index (χ3v) is 4.67. The average molecular weight is 266 g/mol. The summed E-state index contributed by atoms with van der Waals surface area (Å²) in [6, 6.07) is 9.07. The molecule has 18 heavy (non-hydrogen) atoms. The molecule has 0 saturated carbocycles. The molecule has 98 valence electrons. The normalized spacial score (nSPS) is 12.9. The summed E-state index contributed by atoms with van der Waals surface area (Å²) in [6.45, 7) is 1.63. The first-order valence-electron chi connectivity index (χ1n) is 5.92. The highest BCUT2D eigenvalue weighted by atomic mass is 32.2. The number of benzene rings is 1. The van der Waals surface area contributed by atoms with Crippen LogP contribution in [0.1, 0.15) is 31.4 Å². The third-order valence-electron chi connectivity index (χ3n) is 2.91. The van der Waals surface area contributed by atoms with Crippen LogP contribution in [0.3, 0.4) is 0 Å². The molecule has 0 radical (unpaired) electrons. The third kappa shape index (κ3) is 3.56. The summed E-state index contributed by atoms with van der Waals surface area (Å²) in [7, 11) is -1.30. The Morgan fingerprint density at radius 2 is 1.94 bits per heavy atom. The lowest BCUT2D eigenvalue weighted by molar-refractivity contribution is 0.556. The fourth-order valence-electron chi connectivity index (χ4n) is 1.76. The number of hydrogen-bond acceptors (Lipinski definition) is 4. The van der Waals surface area contributed by atoms with Crippen molar-refractivity contribution < 1.29 is 8.42 Å². The molecule has 0 spiro atoms. The minimum Gasteiger partial charge on any atom is -0.313 e. The molecule has 4 nitrogen and oxygen atoms in total. The molecule has 5 heteroatoms. The van der Waals surface area contributed by atoms with Gasteiger partial charge in [0.05, 0.1) is 16.7 Å². The smallest absolute Gasteiger partial charge is 0.178 e. The Morgan fingerprint density at radius 1 is 1.33 bits per heavy atom. The Balaban J connectivity index is 2.91. The lowest BCUT2D eigenvalue weighted by Gasteiger charge is -2.15. The van der Waals surface area contributed by atoms with Gasteiger partial charge in [0.1, 0.15) is 0 Å². The Kier molecular flexibility index (Phi) is 5.32. The SMILES string of the molecule is CCS(=O)(=O)c1ccc(C(CCC#N)NC)cc1. The second-order valence-corrected chi connectivity index (χ2v) is 6.29. The Morgan fingerprint density at radius 3 is 2.39 bits per heavy atom. The Bertz CT molecular complexity index is 515. The van der Waals surface area contributed by atoms with E-state index in [9.17, 15) is 8.42 Å². The van der Waals surface area contributed by atoms with E-state index in [-0.39, 0.29) is 11.8 Å². The van der Waals surface area contributed by atoms with E-state index in [1.807, 2.05) is 7.05 Å². The predicted octanol–water partition coefficient (Wildman–Crippen LogP) is 2.04. The number of rotatable bonds is 6. The summed E-state index contributed by atoms with van der Waals surface area (Å²) in [5.74, 6) is 0.107. The summed E-state index contributed by atoms with van der Waals surface area (Å²) in [4.78, 5) is 0.351. The molecular weight excluding hydrogens is 248 g/mol. The van der Waals surface area contributed by atoms with E-state index >= 15 is 0 Å². The Labute approximate surface area is 109 Å². The molecule has 0 amide bonds. The van der Waals surface area contributed by atoms with Gasteiger partial charge in [0, 0.05) is 12.5 Å². The van der Waals surface area contributed by atoms with E-state index in [4.69, 9.17) is 5.26 Å². The zero-order valence-electron chi connectivity index (χ0n) is 10.7. The van der Waals surface area contributed by atoms with Gasteiger partial charge in [-0.3, -0.25) is 0 Å². The largest absolute Gasteiger partial charge is 0.313 e. The highest BCUT2D eigenvalue weighted by Gasteiger charge is 2.13. The quantitative estimate of drug-likeness (QED) is 0.855. The molecule has 1 unspecified atom stereocenters. The second-order valence-electron chi connectivity index (χ2n) is 4.01. The molecule has 1 aromatic carbocycles. The molecule has 0 bridgehead atoms. The molecule has 0 heterocycles. The monoisotopic (exact) mass is 266 g/mol. The molecule has 1 aromatic rings. The number of nitriles is 1. The van der Waals surface area contributed by atoms with E-state index in [1.54, 1.807) is 31.2 Å². The van der Waals surface area contributed by atoms with Gasteiger partial charge in [-0.1, -0.05) is 19.1 Å². The molecule has 0 aliphatic rings. The Hall–Kier alpha value is -1.38. The van der Waals surface area contributed by atoms with Crippen LogP contribution in [0, 0.1) is 11.3 Å². The van der Waals surface area contributed by atoms with Gasteiger partial charge in [-0.25, -0.2) is 8.42 Å². The van der Waals surface area contributed by atoms with Crippen molar-refractivity contribution in [3.05, 3.63) is 29.8 Å².